The number of hydrogen-bond acceptors (Lipinski definition) is 3. The zero-order valence-electron chi connectivity index (χ0n) is 12.2. The Bertz CT molecular complexity index is 435. The molecule has 1 aromatic rings. The monoisotopic (exact) mass is 328 g/mol. The summed E-state index contributed by atoms with van der Waals surface area (Å²) in [5.41, 5.74) is 5.72. The first-order valence-corrected chi connectivity index (χ1v) is 7.97. The molecule has 108 valence electrons. The van der Waals surface area contributed by atoms with Crippen LogP contribution in [-0.4, -0.2) is 15.8 Å². The van der Waals surface area contributed by atoms with Crippen LogP contribution in [0.2, 0.25) is 0 Å². The summed E-state index contributed by atoms with van der Waals surface area (Å²) in [6.45, 7) is 4.32. The van der Waals surface area contributed by atoms with E-state index in [-0.39, 0.29) is 0 Å². The lowest BCUT2D eigenvalue weighted by molar-refractivity contribution is 0.183. The highest BCUT2D eigenvalue weighted by Crippen LogP contribution is 2.44. The van der Waals surface area contributed by atoms with Gasteiger partial charge in [-0.2, -0.15) is 5.10 Å². The largest absolute Gasteiger partial charge is 0.271 e. The fraction of sp³-hybridized carbons (Fsp3) is 0.786. The molecule has 1 aliphatic rings. The highest BCUT2D eigenvalue weighted by molar-refractivity contribution is 9.10. The van der Waals surface area contributed by atoms with Crippen molar-refractivity contribution in [2.75, 3.05) is 0 Å². The van der Waals surface area contributed by atoms with Gasteiger partial charge in [-0.05, 0) is 47.5 Å². The smallest absolute Gasteiger partial charge is 0.0738 e. The van der Waals surface area contributed by atoms with E-state index in [1.54, 1.807) is 0 Å². The van der Waals surface area contributed by atoms with Crippen molar-refractivity contribution in [1.29, 1.82) is 0 Å². The standard InChI is InChI=1S/C14H25BrN4/c1-4-14(7-5-6-8-14)12(17-16)9-11-13(15)10(2)18-19(11)3/h12,17H,4-9,16H2,1-3H3. The number of aryl methyl sites for hydroxylation is 2. The summed E-state index contributed by atoms with van der Waals surface area (Å²) in [6, 6.07) is 0.325. The van der Waals surface area contributed by atoms with Gasteiger partial charge in [0, 0.05) is 19.5 Å². The minimum atomic E-state index is 0.325. The summed E-state index contributed by atoms with van der Waals surface area (Å²) in [6.07, 6.45) is 7.35. The van der Waals surface area contributed by atoms with E-state index in [2.05, 4.69) is 33.4 Å². The summed E-state index contributed by atoms with van der Waals surface area (Å²) in [4.78, 5) is 0. The Balaban J connectivity index is 2.23. The molecule has 0 saturated heterocycles. The molecule has 0 aromatic carbocycles. The Hall–Kier alpha value is -0.390. The van der Waals surface area contributed by atoms with Gasteiger partial charge in [0.25, 0.3) is 0 Å². The van der Waals surface area contributed by atoms with Crippen LogP contribution in [0.5, 0.6) is 0 Å². The van der Waals surface area contributed by atoms with Gasteiger partial charge in [-0.1, -0.05) is 19.8 Å². The lowest BCUT2D eigenvalue weighted by Gasteiger charge is -2.36. The van der Waals surface area contributed by atoms with Crippen molar-refractivity contribution in [3.8, 4) is 0 Å². The Kier molecular flexibility index (Phi) is 4.69. The van der Waals surface area contributed by atoms with Gasteiger partial charge in [0.2, 0.25) is 0 Å². The SMILES string of the molecule is CCC1(C(Cc2c(Br)c(C)nn2C)NN)CCCC1. The molecule has 0 bridgehead atoms. The maximum atomic E-state index is 5.87. The van der Waals surface area contributed by atoms with Gasteiger partial charge < -0.3 is 0 Å². The summed E-state index contributed by atoms with van der Waals surface area (Å²) < 4.78 is 3.10. The van der Waals surface area contributed by atoms with Crippen LogP contribution >= 0.6 is 15.9 Å². The molecule has 0 amide bonds. The molecule has 3 N–H and O–H groups in total. The number of nitrogens with one attached hydrogen (secondary N) is 1. The van der Waals surface area contributed by atoms with E-state index in [1.165, 1.54) is 37.8 Å². The zero-order valence-corrected chi connectivity index (χ0v) is 13.8. The second kappa shape index (κ2) is 5.94. The maximum absolute atomic E-state index is 5.87. The molecule has 4 nitrogen and oxygen atoms in total. The van der Waals surface area contributed by atoms with E-state index in [4.69, 9.17) is 5.84 Å². The van der Waals surface area contributed by atoms with Crippen molar-refractivity contribution in [3.63, 3.8) is 0 Å². The molecular weight excluding hydrogens is 304 g/mol. The van der Waals surface area contributed by atoms with Crippen molar-refractivity contribution >= 4 is 15.9 Å². The van der Waals surface area contributed by atoms with Crippen LogP contribution in [0, 0.1) is 12.3 Å². The van der Waals surface area contributed by atoms with Crippen molar-refractivity contribution in [1.82, 2.24) is 15.2 Å². The minimum absolute atomic E-state index is 0.325. The molecule has 1 atom stereocenters. The molecule has 1 heterocycles. The fourth-order valence-corrected chi connectivity index (χ4v) is 4.07. The maximum Gasteiger partial charge on any atom is 0.0738 e. The fourth-order valence-electron chi connectivity index (χ4n) is 3.57. The van der Waals surface area contributed by atoms with Crippen molar-refractivity contribution in [2.45, 2.75) is 58.4 Å². The molecule has 0 aliphatic heterocycles. The number of hydrogen-bond donors (Lipinski definition) is 2. The number of aromatic nitrogens is 2. The molecule has 1 unspecified atom stereocenters. The Morgan fingerprint density at radius 3 is 2.53 bits per heavy atom. The number of nitrogens with two attached hydrogens (primary N) is 1. The lowest BCUT2D eigenvalue weighted by atomic mass is 9.74. The average Bonchev–Trinajstić information content (AvgIpc) is 2.96. The molecule has 1 aromatic heterocycles. The minimum Gasteiger partial charge on any atom is -0.271 e. The Morgan fingerprint density at radius 2 is 2.11 bits per heavy atom. The van der Waals surface area contributed by atoms with Crippen LogP contribution in [0.4, 0.5) is 0 Å². The second-order valence-corrected chi connectivity index (χ2v) is 6.61. The van der Waals surface area contributed by atoms with Crippen LogP contribution in [0.3, 0.4) is 0 Å². The quantitative estimate of drug-likeness (QED) is 0.645. The molecule has 1 aliphatic carbocycles. The molecular formula is C14H25BrN4. The highest BCUT2D eigenvalue weighted by atomic mass is 79.9. The van der Waals surface area contributed by atoms with Crippen LogP contribution in [0.25, 0.3) is 0 Å². The number of rotatable bonds is 5. The Labute approximate surface area is 124 Å². The Morgan fingerprint density at radius 1 is 1.47 bits per heavy atom. The highest BCUT2D eigenvalue weighted by Gasteiger charge is 2.39. The first-order chi connectivity index (χ1) is 9.04. The molecule has 1 fully saturated rings. The van der Waals surface area contributed by atoms with E-state index in [0.29, 0.717) is 11.5 Å². The van der Waals surface area contributed by atoms with Crippen LogP contribution in [0.1, 0.15) is 50.4 Å². The van der Waals surface area contributed by atoms with E-state index < -0.39 is 0 Å². The number of hydrazine groups is 1. The van der Waals surface area contributed by atoms with E-state index in [9.17, 15) is 0 Å². The third-order valence-electron chi connectivity index (χ3n) is 4.90. The van der Waals surface area contributed by atoms with Crippen molar-refractivity contribution in [3.05, 3.63) is 15.9 Å². The average molecular weight is 329 g/mol. The third-order valence-corrected chi connectivity index (χ3v) is 5.93. The van der Waals surface area contributed by atoms with Crippen LogP contribution in [0.15, 0.2) is 4.47 Å². The molecule has 2 rings (SSSR count). The van der Waals surface area contributed by atoms with E-state index in [1.807, 2.05) is 18.7 Å². The zero-order chi connectivity index (χ0) is 14.0. The predicted molar refractivity (Wildman–Crippen MR) is 81.7 cm³/mol. The lowest BCUT2D eigenvalue weighted by Crippen LogP contribution is -2.48. The van der Waals surface area contributed by atoms with Gasteiger partial charge in [-0.3, -0.25) is 16.0 Å². The number of nitrogens with zero attached hydrogens (tertiary/aromatic N) is 2. The summed E-state index contributed by atoms with van der Waals surface area (Å²) >= 11 is 3.65. The van der Waals surface area contributed by atoms with E-state index in [0.717, 1.165) is 16.6 Å². The predicted octanol–water partition coefficient (Wildman–Crippen LogP) is 2.84. The van der Waals surface area contributed by atoms with Crippen LogP contribution < -0.4 is 11.3 Å². The van der Waals surface area contributed by atoms with Gasteiger partial charge in [0.05, 0.1) is 15.9 Å². The van der Waals surface area contributed by atoms with Crippen molar-refractivity contribution < 1.29 is 0 Å². The molecule has 5 heteroatoms. The molecule has 0 spiro atoms. The summed E-state index contributed by atoms with van der Waals surface area (Å²) in [5.74, 6) is 5.87. The van der Waals surface area contributed by atoms with Gasteiger partial charge in [-0.15, -0.1) is 0 Å². The first kappa shape index (κ1) is 15.0. The van der Waals surface area contributed by atoms with Gasteiger partial charge in [-0.25, -0.2) is 0 Å². The summed E-state index contributed by atoms with van der Waals surface area (Å²) in [7, 11) is 2.01. The second-order valence-electron chi connectivity index (χ2n) is 5.82. The molecule has 19 heavy (non-hydrogen) atoms. The van der Waals surface area contributed by atoms with Gasteiger partial charge >= 0.3 is 0 Å². The topological polar surface area (TPSA) is 55.9 Å². The molecule has 1 saturated carbocycles. The number of halogens is 1. The first-order valence-electron chi connectivity index (χ1n) is 7.18. The third kappa shape index (κ3) is 2.73. The molecule has 0 radical (unpaired) electrons. The summed E-state index contributed by atoms with van der Waals surface area (Å²) in [5, 5.41) is 4.47. The van der Waals surface area contributed by atoms with Gasteiger partial charge in [0.15, 0.2) is 0 Å². The van der Waals surface area contributed by atoms with Crippen molar-refractivity contribution in [2.24, 2.45) is 18.3 Å². The van der Waals surface area contributed by atoms with E-state index >= 15 is 0 Å². The normalized spacial score (nSPS) is 19.8. The van der Waals surface area contributed by atoms with Crippen LogP contribution in [-0.2, 0) is 13.5 Å². The van der Waals surface area contributed by atoms with Gasteiger partial charge in [0.1, 0.15) is 0 Å².